The third-order valence-corrected chi connectivity index (χ3v) is 8.38. The maximum atomic E-state index is 12.8. The summed E-state index contributed by atoms with van der Waals surface area (Å²) >= 11 is 0. The van der Waals surface area contributed by atoms with Crippen LogP contribution in [0, 0.1) is 34.5 Å². The molecular formula is C19H30O3. The monoisotopic (exact) mass is 306 g/mol. The van der Waals surface area contributed by atoms with Crippen LogP contribution in [0.3, 0.4) is 0 Å². The number of aliphatic hydroxyl groups excluding tert-OH is 2. The van der Waals surface area contributed by atoms with Crippen molar-refractivity contribution in [1.29, 1.82) is 0 Å². The molecule has 0 amide bonds. The molecule has 8 unspecified atom stereocenters. The highest BCUT2D eigenvalue weighted by Gasteiger charge is 2.61. The van der Waals surface area contributed by atoms with E-state index >= 15 is 0 Å². The Bertz CT molecular complexity index is 489. The van der Waals surface area contributed by atoms with Crippen LogP contribution in [0.5, 0.6) is 0 Å². The van der Waals surface area contributed by atoms with Crippen LogP contribution in [0.2, 0.25) is 0 Å². The van der Waals surface area contributed by atoms with Gasteiger partial charge in [-0.2, -0.15) is 0 Å². The first-order chi connectivity index (χ1) is 10.4. The van der Waals surface area contributed by atoms with Crippen molar-refractivity contribution in [2.24, 2.45) is 34.5 Å². The Labute approximate surface area is 133 Å². The molecule has 3 heteroatoms. The number of carbonyl (C=O) groups is 1. The standard InChI is InChI=1S/C19H30O3/c1-18-7-5-11(20)9-15(18)16(21)10-12-13-3-4-17(22)19(13,2)8-6-14(12)18/h11-15,17,20,22H,3-10H2,1-2H3. The van der Waals surface area contributed by atoms with Crippen molar-refractivity contribution >= 4 is 5.78 Å². The molecule has 4 aliphatic rings. The quantitative estimate of drug-likeness (QED) is 0.723. The zero-order valence-electron chi connectivity index (χ0n) is 13.9. The number of hydrogen-bond donors (Lipinski definition) is 2. The Balaban J connectivity index is 1.68. The summed E-state index contributed by atoms with van der Waals surface area (Å²) in [6, 6.07) is 0. The summed E-state index contributed by atoms with van der Waals surface area (Å²) in [6.45, 7) is 4.58. The fourth-order valence-electron chi connectivity index (χ4n) is 6.99. The zero-order valence-corrected chi connectivity index (χ0v) is 13.9. The van der Waals surface area contributed by atoms with Gasteiger partial charge in [-0.25, -0.2) is 0 Å². The van der Waals surface area contributed by atoms with Gasteiger partial charge in [0.05, 0.1) is 12.2 Å². The molecule has 4 aliphatic carbocycles. The minimum Gasteiger partial charge on any atom is -0.393 e. The van der Waals surface area contributed by atoms with E-state index in [-0.39, 0.29) is 29.0 Å². The van der Waals surface area contributed by atoms with E-state index in [1.165, 1.54) is 0 Å². The van der Waals surface area contributed by atoms with Crippen LogP contribution >= 0.6 is 0 Å². The van der Waals surface area contributed by atoms with E-state index in [4.69, 9.17) is 0 Å². The second kappa shape index (κ2) is 4.80. The van der Waals surface area contributed by atoms with Crippen LogP contribution in [0.1, 0.15) is 65.2 Å². The van der Waals surface area contributed by atoms with Gasteiger partial charge in [-0.05, 0) is 73.5 Å². The summed E-state index contributed by atoms with van der Waals surface area (Å²) in [5, 5.41) is 20.5. The summed E-state index contributed by atoms with van der Waals surface area (Å²) in [7, 11) is 0. The molecule has 0 bridgehead atoms. The lowest BCUT2D eigenvalue weighted by Gasteiger charge is -2.59. The van der Waals surface area contributed by atoms with E-state index in [1.54, 1.807) is 0 Å². The summed E-state index contributed by atoms with van der Waals surface area (Å²) in [5.41, 5.74) is 0.132. The lowest BCUT2D eigenvalue weighted by molar-refractivity contribution is -0.161. The van der Waals surface area contributed by atoms with Crippen LogP contribution in [-0.4, -0.2) is 28.2 Å². The molecule has 0 aromatic heterocycles. The Morgan fingerprint density at radius 2 is 1.64 bits per heavy atom. The van der Waals surface area contributed by atoms with E-state index in [9.17, 15) is 15.0 Å². The summed E-state index contributed by atoms with van der Waals surface area (Å²) in [5.74, 6) is 2.09. The highest BCUT2D eigenvalue weighted by atomic mass is 16.3. The van der Waals surface area contributed by atoms with Gasteiger partial charge >= 0.3 is 0 Å². The van der Waals surface area contributed by atoms with Gasteiger partial charge in [0.15, 0.2) is 0 Å². The molecule has 0 saturated heterocycles. The van der Waals surface area contributed by atoms with Crippen LogP contribution in [0.4, 0.5) is 0 Å². The Kier molecular flexibility index (Phi) is 3.30. The van der Waals surface area contributed by atoms with Gasteiger partial charge in [0.1, 0.15) is 5.78 Å². The van der Waals surface area contributed by atoms with Gasteiger partial charge in [0.2, 0.25) is 0 Å². The summed E-state index contributed by atoms with van der Waals surface area (Å²) in [6.07, 6.45) is 7.06. The lowest BCUT2D eigenvalue weighted by atomic mass is 9.45. The smallest absolute Gasteiger partial charge is 0.136 e. The molecule has 3 nitrogen and oxygen atoms in total. The highest BCUT2D eigenvalue weighted by molar-refractivity contribution is 5.83. The molecule has 4 rings (SSSR count). The van der Waals surface area contributed by atoms with E-state index in [0.29, 0.717) is 36.4 Å². The van der Waals surface area contributed by atoms with Gasteiger partial charge in [-0.3, -0.25) is 4.79 Å². The fourth-order valence-corrected chi connectivity index (χ4v) is 6.99. The lowest BCUT2D eigenvalue weighted by Crippen LogP contribution is -2.57. The number of Topliss-reactive ketones (excluding diaryl/α,β-unsaturated/α-hetero) is 1. The van der Waals surface area contributed by atoms with Crippen LogP contribution in [0.15, 0.2) is 0 Å². The number of aliphatic hydroxyl groups is 2. The maximum absolute atomic E-state index is 12.8. The Morgan fingerprint density at radius 3 is 2.41 bits per heavy atom. The van der Waals surface area contributed by atoms with Crippen molar-refractivity contribution in [3.8, 4) is 0 Å². The third kappa shape index (κ3) is 1.84. The largest absolute Gasteiger partial charge is 0.393 e. The SMILES string of the molecule is CC12CCC3C(CC(=O)C4CC(O)CCC43C)C1CCC2O. The molecule has 0 radical (unpaired) electrons. The minimum atomic E-state index is -0.277. The molecule has 8 atom stereocenters. The number of rotatable bonds is 0. The van der Waals surface area contributed by atoms with E-state index in [2.05, 4.69) is 13.8 Å². The molecular weight excluding hydrogens is 276 g/mol. The average Bonchev–Trinajstić information content (AvgIpc) is 2.77. The van der Waals surface area contributed by atoms with Gasteiger partial charge in [0.25, 0.3) is 0 Å². The third-order valence-electron chi connectivity index (χ3n) is 8.38. The van der Waals surface area contributed by atoms with Gasteiger partial charge in [-0.15, -0.1) is 0 Å². The fraction of sp³-hybridized carbons (Fsp3) is 0.947. The van der Waals surface area contributed by atoms with E-state index < -0.39 is 0 Å². The molecule has 124 valence electrons. The van der Waals surface area contributed by atoms with Gasteiger partial charge < -0.3 is 10.2 Å². The van der Waals surface area contributed by atoms with Crippen molar-refractivity contribution in [3.05, 3.63) is 0 Å². The Morgan fingerprint density at radius 1 is 0.955 bits per heavy atom. The second-order valence-corrected chi connectivity index (χ2v) is 9.17. The highest BCUT2D eigenvalue weighted by Crippen LogP contribution is 2.65. The molecule has 0 aliphatic heterocycles. The first kappa shape index (κ1) is 15.1. The average molecular weight is 306 g/mol. The summed E-state index contributed by atoms with van der Waals surface area (Å²) < 4.78 is 0. The second-order valence-electron chi connectivity index (χ2n) is 9.17. The van der Waals surface area contributed by atoms with Gasteiger partial charge in [0, 0.05) is 12.3 Å². The first-order valence-corrected chi connectivity index (χ1v) is 9.25. The van der Waals surface area contributed by atoms with Crippen LogP contribution in [-0.2, 0) is 4.79 Å². The molecule has 0 aromatic rings. The van der Waals surface area contributed by atoms with Crippen molar-refractivity contribution in [1.82, 2.24) is 0 Å². The predicted molar refractivity (Wildman–Crippen MR) is 84.1 cm³/mol. The summed E-state index contributed by atoms with van der Waals surface area (Å²) in [4.78, 5) is 12.8. The van der Waals surface area contributed by atoms with Crippen LogP contribution < -0.4 is 0 Å². The number of ketones is 1. The maximum Gasteiger partial charge on any atom is 0.136 e. The van der Waals surface area contributed by atoms with Crippen molar-refractivity contribution in [2.75, 3.05) is 0 Å². The molecule has 0 heterocycles. The molecule has 0 aromatic carbocycles. The normalized spacial score (nSPS) is 57.9. The number of fused-ring (bicyclic) bond motifs is 5. The molecule has 0 spiro atoms. The molecule has 2 N–H and O–H groups in total. The van der Waals surface area contributed by atoms with Crippen molar-refractivity contribution in [2.45, 2.75) is 77.4 Å². The first-order valence-electron chi connectivity index (χ1n) is 9.25. The van der Waals surface area contributed by atoms with Gasteiger partial charge in [-0.1, -0.05) is 13.8 Å². The van der Waals surface area contributed by atoms with Crippen LogP contribution in [0.25, 0.3) is 0 Å². The molecule has 22 heavy (non-hydrogen) atoms. The molecule has 4 saturated carbocycles. The Hall–Kier alpha value is -0.410. The van der Waals surface area contributed by atoms with E-state index in [1.807, 2.05) is 0 Å². The van der Waals surface area contributed by atoms with Crippen molar-refractivity contribution in [3.63, 3.8) is 0 Å². The van der Waals surface area contributed by atoms with Crippen molar-refractivity contribution < 1.29 is 15.0 Å². The topological polar surface area (TPSA) is 57.5 Å². The minimum absolute atomic E-state index is 0.0405. The number of hydrogen-bond acceptors (Lipinski definition) is 3. The zero-order chi connectivity index (χ0) is 15.7. The molecule has 4 fully saturated rings. The predicted octanol–water partition coefficient (Wildman–Crippen LogP) is 2.93. The number of carbonyl (C=O) groups excluding carboxylic acids is 1. The van der Waals surface area contributed by atoms with E-state index in [0.717, 1.165) is 38.5 Å².